The smallest absolute Gasteiger partial charge is 0.352 e. The number of aromatic nitrogens is 4. The fraction of sp³-hybridized carbons (Fsp3) is 0.333. The number of anilines is 1. The average Bonchev–Trinajstić information content (AvgIpc) is 3.18. The van der Waals surface area contributed by atoms with Gasteiger partial charge in [-0.15, -0.1) is 5.10 Å². The van der Waals surface area contributed by atoms with Crippen LogP contribution in [0, 0.1) is 5.82 Å². The maximum absolute atomic E-state index is 14.1. The first-order valence-corrected chi connectivity index (χ1v) is 11.4. The molecular formula is C24H25FN6O3. The summed E-state index contributed by atoms with van der Waals surface area (Å²) in [6.07, 6.45) is 0.695. The number of aryl methyl sites for hydroxylation is 1. The topological polar surface area (TPSA) is 84.8 Å². The number of rotatable bonds is 5. The van der Waals surface area contributed by atoms with Gasteiger partial charge in [0.15, 0.2) is 0 Å². The van der Waals surface area contributed by atoms with Gasteiger partial charge in [0, 0.05) is 32.7 Å². The molecule has 4 aromatic rings. The maximum Gasteiger partial charge on any atom is 0.352 e. The Morgan fingerprint density at radius 3 is 2.44 bits per heavy atom. The lowest BCUT2D eigenvalue weighted by Gasteiger charge is -2.36. The molecule has 1 aliphatic rings. The molecule has 0 atom stereocenters. The highest BCUT2D eigenvalue weighted by Gasteiger charge is 2.25. The van der Waals surface area contributed by atoms with E-state index in [9.17, 15) is 18.8 Å². The fourth-order valence-corrected chi connectivity index (χ4v) is 4.53. The molecule has 0 unspecified atom stereocenters. The van der Waals surface area contributed by atoms with Gasteiger partial charge >= 0.3 is 5.69 Å². The van der Waals surface area contributed by atoms with Crippen LogP contribution in [0.5, 0.6) is 0 Å². The largest absolute Gasteiger partial charge is 0.366 e. The zero-order valence-electron chi connectivity index (χ0n) is 18.9. The van der Waals surface area contributed by atoms with Crippen LogP contribution < -0.4 is 16.1 Å². The van der Waals surface area contributed by atoms with E-state index in [0.717, 1.165) is 4.68 Å². The van der Waals surface area contributed by atoms with E-state index in [1.54, 1.807) is 47.4 Å². The summed E-state index contributed by atoms with van der Waals surface area (Å²) in [6.45, 7) is 3.94. The van der Waals surface area contributed by atoms with E-state index >= 15 is 0 Å². The van der Waals surface area contributed by atoms with Gasteiger partial charge < -0.3 is 9.80 Å². The number of nitrogens with zero attached hydrogens (tertiary/aromatic N) is 6. The highest BCUT2D eigenvalue weighted by atomic mass is 19.1. The molecule has 3 heterocycles. The van der Waals surface area contributed by atoms with Crippen LogP contribution in [-0.2, 0) is 17.9 Å². The van der Waals surface area contributed by atoms with E-state index in [-0.39, 0.29) is 29.6 Å². The zero-order chi connectivity index (χ0) is 23.8. The summed E-state index contributed by atoms with van der Waals surface area (Å²) in [5.74, 6) is -0.302. The highest BCUT2D eigenvalue weighted by Crippen LogP contribution is 2.20. The van der Waals surface area contributed by atoms with Crippen molar-refractivity contribution in [3.05, 3.63) is 75.2 Å². The number of carbonyl (C=O) groups is 1. The minimum atomic E-state index is -0.464. The molecule has 0 bridgehead atoms. The van der Waals surface area contributed by atoms with E-state index in [1.165, 1.54) is 15.0 Å². The second-order valence-corrected chi connectivity index (χ2v) is 8.37. The van der Waals surface area contributed by atoms with Crippen LogP contribution in [0.15, 0.2) is 58.1 Å². The number of para-hydroxylation sites is 2. The number of hydrogen-bond donors (Lipinski definition) is 0. The number of fused-ring (bicyclic) bond motifs is 3. The molecule has 1 saturated heterocycles. The Morgan fingerprint density at radius 1 is 1.00 bits per heavy atom. The zero-order valence-corrected chi connectivity index (χ0v) is 18.9. The first-order chi connectivity index (χ1) is 16.5. The Bertz CT molecular complexity index is 1500. The second-order valence-electron chi connectivity index (χ2n) is 8.37. The third-order valence-electron chi connectivity index (χ3n) is 6.24. The molecule has 0 radical (unpaired) electrons. The molecule has 5 rings (SSSR count). The van der Waals surface area contributed by atoms with Crippen molar-refractivity contribution in [1.29, 1.82) is 0 Å². The first-order valence-electron chi connectivity index (χ1n) is 11.4. The van der Waals surface area contributed by atoms with E-state index < -0.39 is 5.69 Å². The lowest BCUT2D eigenvalue weighted by molar-refractivity contribution is -0.132. The highest BCUT2D eigenvalue weighted by molar-refractivity contribution is 5.80. The monoisotopic (exact) mass is 464 g/mol. The Hall–Kier alpha value is -3.95. The van der Waals surface area contributed by atoms with Crippen molar-refractivity contribution in [2.75, 3.05) is 31.1 Å². The summed E-state index contributed by atoms with van der Waals surface area (Å²) in [7, 11) is 0. The van der Waals surface area contributed by atoms with Gasteiger partial charge in [-0.3, -0.25) is 14.2 Å². The quantitative estimate of drug-likeness (QED) is 0.449. The number of piperazine rings is 1. The normalized spacial score (nSPS) is 14.3. The number of amides is 1. The molecule has 176 valence electrons. The molecule has 0 N–H and O–H groups in total. The molecule has 2 aromatic carbocycles. The molecule has 1 aliphatic heterocycles. The summed E-state index contributed by atoms with van der Waals surface area (Å²) >= 11 is 0. The predicted octanol–water partition coefficient (Wildman–Crippen LogP) is 1.71. The van der Waals surface area contributed by atoms with Crippen LogP contribution in [0.2, 0.25) is 0 Å². The molecule has 0 saturated carbocycles. The number of halogens is 1. The van der Waals surface area contributed by atoms with Crippen molar-refractivity contribution in [3.8, 4) is 0 Å². The molecule has 0 aliphatic carbocycles. The third-order valence-corrected chi connectivity index (χ3v) is 6.24. The van der Waals surface area contributed by atoms with Crippen molar-refractivity contribution in [1.82, 2.24) is 23.6 Å². The van der Waals surface area contributed by atoms with Gasteiger partial charge in [-0.25, -0.2) is 18.3 Å². The summed E-state index contributed by atoms with van der Waals surface area (Å²) in [4.78, 5) is 42.8. The molecule has 1 amide bonds. The van der Waals surface area contributed by atoms with Gasteiger partial charge in [0.2, 0.25) is 11.7 Å². The van der Waals surface area contributed by atoms with E-state index in [4.69, 9.17) is 0 Å². The molecule has 0 spiro atoms. The standard InChI is InChI=1S/C24H25FN6O3/c1-2-11-29-22(33)17-7-3-5-9-19(17)31-23(29)26-30(24(31)34)16-21(32)28-14-12-27(13-15-28)20-10-6-4-8-18(20)25/h3-10H,2,11-16H2,1H3. The number of benzene rings is 2. The van der Waals surface area contributed by atoms with E-state index in [2.05, 4.69) is 5.10 Å². The summed E-state index contributed by atoms with van der Waals surface area (Å²) in [5, 5.41) is 4.80. The summed E-state index contributed by atoms with van der Waals surface area (Å²) in [6, 6.07) is 13.5. The Balaban J connectivity index is 1.42. The Kier molecular flexibility index (Phi) is 5.64. The lowest BCUT2D eigenvalue weighted by atomic mass is 10.2. The van der Waals surface area contributed by atoms with Crippen LogP contribution in [-0.4, -0.2) is 55.7 Å². The molecule has 34 heavy (non-hydrogen) atoms. The average molecular weight is 465 g/mol. The first kappa shape index (κ1) is 21.9. The van der Waals surface area contributed by atoms with Crippen LogP contribution in [0.1, 0.15) is 13.3 Å². The van der Waals surface area contributed by atoms with Crippen LogP contribution in [0.4, 0.5) is 10.1 Å². The third kappa shape index (κ3) is 3.64. The fourth-order valence-electron chi connectivity index (χ4n) is 4.53. The van der Waals surface area contributed by atoms with Gasteiger partial charge in [-0.1, -0.05) is 31.2 Å². The molecular weight excluding hydrogens is 439 g/mol. The molecule has 9 nitrogen and oxygen atoms in total. The summed E-state index contributed by atoms with van der Waals surface area (Å²) in [5.41, 5.74) is 0.316. The lowest BCUT2D eigenvalue weighted by Crippen LogP contribution is -2.50. The van der Waals surface area contributed by atoms with Crippen molar-refractivity contribution in [2.45, 2.75) is 26.4 Å². The summed E-state index contributed by atoms with van der Waals surface area (Å²) < 4.78 is 18.1. The van der Waals surface area contributed by atoms with Gasteiger partial charge in [0.25, 0.3) is 5.56 Å². The second kappa shape index (κ2) is 8.77. The van der Waals surface area contributed by atoms with E-state index in [1.807, 2.05) is 11.8 Å². The minimum absolute atomic E-state index is 0.210. The Morgan fingerprint density at radius 2 is 1.71 bits per heavy atom. The number of carbonyl (C=O) groups excluding carboxylic acids is 1. The van der Waals surface area contributed by atoms with Crippen LogP contribution in [0.25, 0.3) is 16.7 Å². The Labute approximate surface area is 194 Å². The van der Waals surface area contributed by atoms with Crippen molar-refractivity contribution in [3.63, 3.8) is 0 Å². The molecule has 10 heteroatoms. The molecule has 2 aromatic heterocycles. The van der Waals surface area contributed by atoms with Crippen LogP contribution in [0.3, 0.4) is 0 Å². The predicted molar refractivity (Wildman–Crippen MR) is 127 cm³/mol. The van der Waals surface area contributed by atoms with Gasteiger partial charge in [0.1, 0.15) is 12.4 Å². The van der Waals surface area contributed by atoms with Crippen molar-refractivity contribution < 1.29 is 9.18 Å². The van der Waals surface area contributed by atoms with Crippen LogP contribution >= 0.6 is 0 Å². The van der Waals surface area contributed by atoms with E-state index in [0.29, 0.717) is 55.7 Å². The SMILES string of the molecule is CCCn1c(=O)c2ccccc2n2c(=O)n(CC(=O)N3CCN(c4ccccc4F)CC3)nc12. The maximum atomic E-state index is 14.1. The van der Waals surface area contributed by atoms with Crippen molar-refractivity contribution >= 4 is 28.3 Å². The molecule has 1 fully saturated rings. The minimum Gasteiger partial charge on any atom is -0.366 e. The van der Waals surface area contributed by atoms with Gasteiger partial charge in [-0.2, -0.15) is 0 Å². The van der Waals surface area contributed by atoms with Crippen molar-refractivity contribution in [2.24, 2.45) is 0 Å². The van der Waals surface area contributed by atoms with Gasteiger partial charge in [0.05, 0.1) is 16.6 Å². The van der Waals surface area contributed by atoms with Gasteiger partial charge in [-0.05, 0) is 30.7 Å². The number of hydrogen-bond acceptors (Lipinski definition) is 5.